The number of pyridine rings is 1. The van der Waals surface area contributed by atoms with Crippen molar-refractivity contribution in [2.75, 3.05) is 5.32 Å². The molecule has 1 aliphatic carbocycles. The zero-order chi connectivity index (χ0) is 16.1. The topological polar surface area (TPSA) is 34.2 Å². The van der Waals surface area contributed by atoms with Crippen LogP contribution in [-0.4, -0.2) is 17.1 Å². The number of benzene rings is 1. The first-order valence-corrected chi connectivity index (χ1v) is 8.32. The van der Waals surface area contributed by atoms with E-state index < -0.39 is 0 Å². The van der Waals surface area contributed by atoms with Gasteiger partial charge >= 0.3 is 0 Å². The summed E-state index contributed by atoms with van der Waals surface area (Å²) in [5.41, 5.74) is 1.99. The van der Waals surface area contributed by atoms with Crippen molar-refractivity contribution in [1.82, 2.24) is 4.98 Å². The normalized spacial score (nSPS) is 16.3. The molecule has 0 bridgehead atoms. The summed E-state index contributed by atoms with van der Waals surface area (Å²) in [6.45, 7) is 2.08. The zero-order valence-electron chi connectivity index (χ0n) is 13.5. The summed E-state index contributed by atoms with van der Waals surface area (Å²) < 4.78 is 20.0. The Bertz CT molecular complexity index is 627. The molecule has 1 atom stereocenters. The van der Waals surface area contributed by atoms with Gasteiger partial charge < -0.3 is 10.1 Å². The number of ether oxygens (including phenoxy) is 1. The fraction of sp³-hybridized carbons (Fsp3) is 0.421. The summed E-state index contributed by atoms with van der Waals surface area (Å²) in [6.07, 6.45) is 9.04. The number of anilines is 1. The maximum absolute atomic E-state index is 14.2. The second kappa shape index (κ2) is 7.44. The van der Waals surface area contributed by atoms with Crippen LogP contribution in [0.5, 0.6) is 5.75 Å². The van der Waals surface area contributed by atoms with Gasteiger partial charge in [-0.2, -0.15) is 0 Å². The molecule has 0 aliphatic heterocycles. The van der Waals surface area contributed by atoms with Gasteiger partial charge in [0.15, 0.2) is 11.6 Å². The summed E-state index contributed by atoms with van der Waals surface area (Å²) in [7, 11) is 0. The van der Waals surface area contributed by atoms with Crippen LogP contribution in [0, 0.1) is 5.82 Å². The van der Waals surface area contributed by atoms with E-state index in [0.717, 1.165) is 24.9 Å². The summed E-state index contributed by atoms with van der Waals surface area (Å²) in [6, 6.07) is 9.34. The Morgan fingerprint density at radius 1 is 1.22 bits per heavy atom. The lowest BCUT2D eigenvalue weighted by Gasteiger charge is -2.17. The van der Waals surface area contributed by atoms with Crippen LogP contribution in [-0.2, 0) is 6.42 Å². The largest absolute Gasteiger partial charge is 0.487 e. The predicted octanol–water partition coefficient (Wildman–Crippen LogP) is 4.59. The van der Waals surface area contributed by atoms with Crippen LogP contribution in [0.1, 0.15) is 38.2 Å². The third-order valence-electron chi connectivity index (χ3n) is 4.23. The first-order valence-electron chi connectivity index (χ1n) is 8.32. The van der Waals surface area contributed by atoms with Gasteiger partial charge in [-0.15, -0.1) is 0 Å². The first kappa shape index (κ1) is 15.8. The lowest BCUT2D eigenvalue weighted by Crippen LogP contribution is -2.18. The van der Waals surface area contributed by atoms with E-state index in [2.05, 4.69) is 17.2 Å². The maximum atomic E-state index is 14.2. The third kappa shape index (κ3) is 4.44. The van der Waals surface area contributed by atoms with Gasteiger partial charge in [-0.3, -0.25) is 4.98 Å². The van der Waals surface area contributed by atoms with E-state index in [1.807, 2.05) is 18.2 Å². The highest BCUT2D eigenvalue weighted by atomic mass is 19.1. The molecule has 0 saturated heterocycles. The molecule has 3 nitrogen and oxygen atoms in total. The van der Waals surface area contributed by atoms with Crippen molar-refractivity contribution in [3.8, 4) is 5.75 Å². The molecule has 1 aliphatic rings. The Balaban J connectivity index is 1.58. The SMILES string of the molecule is C[C@@H](Cc1ccncc1)Nc1ccc(OC2CCCC2)c(F)c1. The van der Waals surface area contributed by atoms with Gasteiger partial charge in [0.25, 0.3) is 0 Å². The van der Waals surface area contributed by atoms with Gasteiger partial charge in [0.1, 0.15) is 0 Å². The second-order valence-corrected chi connectivity index (χ2v) is 6.27. The highest BCUT2D eigenvalue weighted by Gasteiger charge is 2.18. The Morgan fingerprint density at radius 2 is 1.96 bits per heavy atom. The van der Waals surface area contributed by atoms with E-state index in [0.29, 0.717) is 5.75 Å². The number of halogens is 1. The highest BCUT2D eigenvalue weighted by Crippen LogP contribution is 2.27. The molecule has 1 aromatic heterocycles. The molecule has 0 unspecified atom stereocenters. The second-order valence-electron chi connectivity index (χ2n) is 6.27. The molecule has 1 saturated carbocycles. The van der Waals surface area contributed by atoms with Gasteiger partial charge in [0.05, 0.1) is 6.10 Å². The Hall–Kier alpha value is -2.10. The summed E-state index contributed by atoms with van der Waals surface area (Å²) in [4.78, 5) is 4.02. The Morgan fingerprint density at radius 3 is 2.65 bits per heavy atom. The standard InChI is InChI=1S/C19H23FN2O/c1-14(12-15-8-10-21-11-9-15)22-16-6-7-19(18(20)13-16)23-17-4-2-3-5-17/h6-11,13-14,17,22H,2-5,12H2,1H3/t14-/m0/s1. The lowest BCUT2D eigenvalue weighted by molar-refractivity contribution is 0.201. The van der Waals surface area contributed by atoms with Gasteiger partial charge in [-0.05, 0) is 68.9 Å². The van der Waals surface area contributed by atoms with Crippen LogP contribution >= 0.6 is 0 Å². The van der Waals surface area contributed by atoms with Gasteiger partial charge in [0.2, 0.25) is 0 Å². The molecule has 2 aromatic rings. The number of hydrogen-bond donors (Lipinski definition) is 1. The van der Waals surface area contributed by atoms with E-state index in [9.17, 15) is 4.39 Å². The van der Waals surface area contributed by atoms with E-state index in [4.69, 9.17) is 4.74 Å². The molecule has 0 spiro atoms. The van der Waals surface area contributed by atoms with Crippen LogP contribution in [0.25, 0.3) is 0 Å². The highest BCUT2D eigenvalue weighted by molar-refractivity contribution is 5.48. The molecule has 1 aromatic carbocycles. The van der Waals surface area contributed by atoms with Gasteiger partial charge in [0, 0.05) is 30.2 Å². The van der Waals surface area contributed by atoms with E-state index in [1.165, 1.54) is 24.5 Å². The molecule has 0 amide bonds. The lowest BCUT2D eigenvalue weighted by atomic mass is 10.1. The van der Waals surface area contributed by atoms with Crippen molar-refractivity contribution >= 4 is 5.69 Å². The van der Waals surface area contributed by atoms with Crippen molar-refractivity contribution in [2.45, 2.75) is 51.2 Å². The molecular weight excluding hydrogens is 291 g/mol. The average Bonchev–Trinajstić information content (AvgIpc) is 3.04. The monoisotopic (exact) mass is 314 g/mol. The minimum atomic E-state index is -0.294. The number of aromatic nitrogens is 1. The van der Waals surface area contributed by atoms with Crippen LogP contribution < -0.4 is 10.1 Å². The minimum Gasteiger partial charge on any atom is -0.487 e. The van der Waals surface area contributed by atoms with Crippen molar-refractivity contribution in [2.24, 2.45) is 0 Å². The van der Waals surface area contributed by atoms with E-state index >= 15 is 0 Å². The van der Waals surface area contributed by atoms with Crippen molar-refractivity contribution < 1.29 is 9.13 Å². The summed E-state index contributed by atoms with van der Waals surface area (Å²) in [5.74, 6) is 0.0715. The molecule has 4 heteroatoms. The molecule has 1 N–H and O–H groups in total. The molecule has 122 valence electrons. The molecule has 1 fully saturated rings. The third-order valence-corrected chi connectivity index (χ3v) is 4.23. The van der Waals surface area contributed by atoms with Crippen molar-refractivity contribution in [1.29, 1.82) is 0 Å². The fourth-order valence-corrected chi connectivity index (χ4v) is 3.08. The number of nitrogens with one attached hydrogen (secondary N) is 1. The Kier molecular flexibility index (Phi) is 5.11. The summed E-state index contributed by atoms with van der Waals surface area (Å²) >= 11 is 0. The average molecular weight is 314 g/mol. The Labute approximate surface area is 136 Å². The van der Waals surface area contributed by atoms with Gasteiger partial charge in [-0.25, -0.2) is 4.39 Å². The summed E-state index contributed by atoms with van der Waals surface area (Å²) in [5, 5.41) is 3.34. The van der Waals surface area contributed by atoms with E-state index in [-0.39, 0.29) is 18.0 Å². The first-order chi connectivity index (χ1) is 11.2. The minimum absolute atomic E-state index is 0.175. The van der Waals surface area contributed by atoms with Crippen LogP contribution in [0.3, 0.4) is 0 Å². The molecule has 3 rings (SSSR count). The smallest absolute Gasteiger partial charge is 0.167 e. The number of rotatable bonds is 6. The zero-order valence-corrected chi connectivity index (χ0v) is 13.5. The predicted molar refractivity (Wildman–Crippen MR) is 90.3 cm³/mol. The molecule has 0 radical (unpaired) electrons. The number of nitrogens with zero attached hydrogens (tertiary/aromatic N) is 1. The van der Waals surface area contributed by atoms with Crippen molar-refractivity contribution in [3.05, 3.63) is 54.1 Å². The van der Waals surface area contributed by atoms with Gasteiger partial charge in [-0.1, -0.05) is 0 Å². The molecule has 1 heterocycles. The van der Waals surface area contributed by atoms with Crippen LogP contribution in [0.15, 0.2) is 42.7 Å². The number of hydrogen-bond acceptors (Lipinski definition) is 3. The molecule has 23 heavy (non-hydrogen) atoms. The molecular formula is C19H23FN2O. The van der Waals surface area contributed by atoms with E-state index in [1.54, 1.807) is 18.5 Å². The fourth-order valence-electron chi connectivity index (χ4n) is 3.08. The van der Waals surface area contributed by atoms with Crippen LogP contribution in [0.2, 0.25) is 0 Å². The van der Waals surface area contributed by atoms with Crippen molar-refractivity contribution in [3.63, 3.8) is 0 Å². The van der Waals surface area contributed by atoms with Crippen LogP contribution in [0.4, 0.5) is 10.1 Å². The maximum Gasteiger partial charge on any atom is 0.167 e. The quantitative estimate of drug-likeness (QED) is 0.847.